The van der Waals surface area contributed by atoms with Crippen LogP contribution in [-0.4, -0.2) is 47.5 Å². The highest BCUT2D eigenvalue weighted by Gasteiger charge is 2.33. The Morgan fingerprint density at radius 1 is 1.19 bits per heavy atom. The highest BCUT2D eigenvalue weighted by Crippen LogP contribution is 2.24. The molecule has 7 heteroatoms. The number of rotatable bonds is 4. The van der Waals surface area contributed by atoms with Crippen molar-refractivity contribution in [1.29, 1.82) is 0 Å². The van der Waals surface area contributed by atoms with Crippen molar-refractivity contribution in [3.05, 3.63) is 60.4 Å². The van der Waals surface area contributed by atoms with Crippen molar-refractivity contribution < 1.29 is 13.2 Å². The van der Waals surface area contributed by atoms with E-state index in [9.17, 15) is 13.2 Å². The number of aromatic amines is 1. The molecule has 134 valence electrons. The van der Waals surface area contributed by atoms with Crippen LogP contribution in [-0.2, 0) is 9.84 Å². The second kappa shape index (κ2) is 6.57. The number of aromatic nitrogens is 2. The van der Waals surface area contributed by atoms with E-state index in [1.807, 2.05) is 0 Å². The van der Waals surface area contributed by atoms with Crippen LogP contribution >= 0.6 is 0 Å². The topological polar surface area (TPSA) is 83.1 Å². The molecule has 0 saturated carbocycles. The van der Waals surface area contributed by atoms with Crippen LogP contribution in [0.4, 0.5) is 0 Å². The summed E-state index contributed by atoms with van der Waals surface area (Å²) in [4.78, 5) is 22.1. The lowest BCUT2D eigenvalue weighted by atomic mass is 10.1. The first kappa shape index (κ1) is 16.8. The third kappa shape index (κ3) is 3.10. The van der Waals surface area contributed by atoms with Crippen molar-refractivity contribution in [3.8, 4) is 0 Å². The highest BCUT2D eigenvalue weighted by atomic mass is 32.2. The summed E-state index contributed by atoms with van der Waals surface area (Å²) in [6.45, 7) is 0.578. The van der Waals surface area contributed by atoms with Gasteiger partial charge in [-0.2, -0.15) is 0 Å². The van der Waals surface area contributed by atoms with Gasteiger partial charge in [0.25, 0.3) is 5.91 Å². The van der Waals surface area contributed by atoms with Crippen LogP contribution in [0.2, 0.25) is 0 Å². The first-order chi connectivity index (χ1) is 12.5. The van der Waals surface area contributed by atoms with Crippen LogP contribution in [0.3, 0.4) is 0 Å². The molecule has 3 aromatic rings. The summed E-state index contributed by atoms with van der Waals surface area (Å²) in [5.74, 6) is -0.179. The first-order valence-corrected chi connectivity index (χ1v) is 10.2. The van der Waals surface area contributed by atoms with E-state index in [1.54, 1.807) is 59.8 Å². The van der Waals surface area contributed by atoms with E-state index < -0.39 is 9.84 Å². The van der Waals surface area contributed by atoms with Crippen LogP contribution in [0.15, 0.2) is 59.8 Å². The summed E-state index contributed by atoms with van der Waals surface area (Å²) in [6.07, 6.45) is 3.10. The minimum absolute atomic E-state index is 0.0466. The van der Waals surface area contributed by atoms with Gasteiger partial charge in [0.2, 0.25) is 0 Å². The molecule has 1 atom stereocenters. The number of carbonyl (C=O) groups excluding carboxylic acids is 1. The minimum atomic E-state index is -3.43. The standard InChI is InChI=1S/C19H19N3O3S/c23-19(14-8-9-17-18(11-14)21-13-20-17)22-10-4-5-15(22)12-26(24,25)16-6-2-1-3-7-16/h1-3,6-9,11,13,15H,4-5,10,12H2,(H,20,21). The van der Waals surface area contributed by atoms with Crippen LogP contribution in [0.25, 0.3) is 11.0 Å². The fraction of sp³-hybridized carbons (Fsp3) is 0.263. The van der Waals surface area contributed by atoms with E-state index in [-0.39, 0.29) is 17.7 Å². The first-order valence-electron chi connectivity index (χ1n) is 8.56. The molecule has 26 heavy (non-hydrogen) atoms. The van der Waals surface area contributed by atoms with E-state index in [0.717, 1.165) is 17.5 Å². The molecule has 0 spiro atoms. The third-order valence-electron chi connectivity index (χ3n) is 4.82. The zero-order valence-electron chi connectivity index (χ0n) is 14.1. The Labute approximate surface area is 151 Å². The van der Waals surface area contributed by atoms with Gasteiger partial charge in [0.15, 0.2) is 9.84 Å². The van der Waals surface area contributed by atoms with Crippen molar-refractivity contribution in [2.45, 2.75) is 23.8 Å². The Hall–Kier alpha value is -2.67. The molecule has 1 aliphatic heterocycles. The number of sulfone groups is 1. The van der Waals surface area contributed by atoms with Gasteiger partial charge in [-0.25, -0.2) is 13.4 Å². The van der Waals surface area contributed by atoms with Gasteiger partial charge in [-0.3, -0.25) is 4.79 Å². The number of carbonyl (C=O) groups is 1. The Kier molecular flexibility index (Phi) is 4.24. The van der Waals surface area contributed by atoms with E-state index >= 15 is 0 Å². The number of nitrogens with one attached hydrogen (secondary N) is 1. The minimum Gasteiger partial charge on any atom is -0.345 e. The predicted molar refractivity (Wildman–Crippen MR) is 98.6 cm³/mol. The molecule has 1 unspecified atom stereocenters. The van der Waals surface area contributed by atoms with Crippen molar-refractivity contribution in [3.63, 3.8) is 0 Å². The molecule has 2 heterocycles. The average molecular weight is 369 g/mol. The fourth-order valence-electron chi connectivity index (χ4n) is 3.49. The normalized spacial score (nSPS) is 17.7. The molecule has 0 radical (unpaired) electrons. The lowest BCUT2D eigenvalue weighted by molar-refractivity contribution is 0.0749. The van der Waals surface area contributed by atoms with Gasteiger partial charge in [-0.05, 0) is 43.2 Å². The van der Waals surface area contributed by atoms with Crippen molar-refractivity contribution in [2.24, 2.45) is 0 Å². The number of amides is 1. The molecular weight excluding hydrogens is 350 g/mol. The van der Waals surface area contributed by atoms with Crippen LogP contribution in [0.1, 0.15) is 23.2 Å². The summed E-state index contributed by atoms with van der Waals surface area (Å²) in [5.41, 5.74) is 2.14. The Morgan fingerprint density at radius 2 is 2.00 bits per heavy atom. The molecule has 0 aliphatic carbocycles. The maximum Gasteiger partial charge on any atom is 0.254 e. The zero-order valence-corrected chi connectivity index (χ0v) is 14.9. The number of hydrogen-bond acceptors (Lipinski definition) is 4. The summed E-state index contributed by atoms with van der Waals surface area (Å²) in [7, 11) is -3.43. The van der Waals surface area contributed by atoms with Gasteiger partial charge >= 0.3 is 0 Å². The molecule has 6 nitrogen and oxygen atoms in total. The van der Waals surface area contributed by atoms with Crippen LogP contribution in [0.5, 0.6) is 0 Å². The van der Waals surface area contributed by atoms with Crippen LogP contribution < -0.4 is 0 Å². The van der Waals surface area contributed by atoms with Crippen molar-refractivity contribution in [2.75, 3.05) is 12.3 Å². The lowest BCUT2D eigenvalue weighted by Crippen LogP contribution is -2.39. The molecular formula is C19H19N3O3S. The molecule has 1 amide bonds. The SMILES string of the molecule is O=C(c1ccc2nc[nH]c2c1)N1CCCC1CS(=O)(=O)c1ccccc1. The number of benzene rings is 2. The Morgan fingerprint density at radius 3 is 2.81 bits per heavy atom. The number of nitrogens with zero attached hydrogens (tertiary/aromatic N) is 2. The van der Waals surface area contributed by atoms with Crippen molar-refractivity contribution >= 4 is 26.8 Å². The summed E-state index contributed by atoms with van der Waals surface area (Å²) in [6, 6.07) is 13.4. The second-order valence-corrected chi connectivity index (χ2v) is 8.56. The smallest absolute Gasteiger partial charge is 0.254 e. The maximum atomic E-state index is 12.9. The lowest BCUT2D eigenvalue weighted by Gasteiger charge is -2.24. The zero-order chi connectivity index (χ0) is 18.1. The summed E-state index contributed by atoms with van der Waals surface area (Å²) >= 11 is 0. The number of fused-ring (bicyclic) bond motifs is 1. The van der Waals surface area contributed by atoms with Gasteiger partial charge < -0.3 is 9.88 Å². The molecule has 4 rings (SSSR count). The highest BCUT2D eigenvalue weighted by molar-refractivity contribution is 7.91. The second-order valence-electron chi connectivity index (χ2n) is 6.52. The molecule has 1 saturated heterocycles. The Bertz CT molecular complexity index is 1040. The molecule has 1 fully saturated rings. The molecule has 1 aromatic heterocycles. The summed E-state index contributed by atoms with van der Waals surface area (Å²) < 4.78 is 25.4. The molecule has 1 aliphatic rings. The number of likely N-dealkylation sites (tertiary alicyclic amines) is 1. The molecule has 2 aromatic carbocycles. The van der Waals surface area contributed by atoms with Gasteiger partial charge in [-0.1, -0.05) is 18.2 Å². The van der Waals surface area contributed by atoms with Crippen LogP contribution in [0, 0.1) is 0 Å². The third-order valence-corrected chi connectivity index (χ3v) is 6.63. The van der Waals surface area contributed by atoms with Gasteiger partial charge in [0.1, 0.15) is 0 Å². The molecule has 0 bridgehead atoms. The average Bonchev–Trinajstić information content (AvgIpc) is 3.30. The maximum absolute atomic E-state index is 12.9. The van der Waals surface area contributed by atoms with E-state index in [0.29, 0.717) is 23.4 Å². The number of imidazole rings is 1. The van der Waals surface area contributed by atoms with Gasteiger partial charge in [-0.15, -0.1) is 0 Å². The fourth-order valence-corrected chi connectivity index (χ4v) is 5.11. The number of hydrogen-bond donors (Lipinski definition) is 1. The van der Waals surface area contributed by atoms with Gasteiger partial charge in [0.05, 0.1) is 28.0 Å². The molecule has 1 N–H and O–H groups in total. The van der Waals surface area contributed by atoms with E-state index in [1.165, 1.54) is 0 Å². The van der Waals surface area contributed by atoms with E-state index in [2.05, 4.69) is 9.97 Å². The van der Waals surface area contributed by atoms with E-state index in [4.69, 9.17) is 0 Å². The van der Waals surface area contributed by atoms with Gasteiger partial charge in [0, 0.05) is 18.2 Å². The summed E-state index contributed by atoms with van der Waals surface area (Å²) in [5, 5.41) is 0. The Balaban J connectivity index is 1.57. The largest absolute Gasteiger partial charge is 0.345 e. The monoisotopic (exact) mass is 369 g/mol. The predicted octanol–water partition coefficient (Wildman–Crippen LogP) is 2.64. The van der Waals surface area contributed by atoms with Crippen molar-refractivity contribution in [1.82, 2.24) is 14.9 Å². The number of H-pyrrole nitrogens is 1. The quantitative estimate of drug-likeness (QED) is 0.766.